The molecule has 0 aromatic carbocycles. The normalized spacial score (nSPS) is 57.0. The third-order valence-electron chi connectivity index (χ3n) is 11.6. The highest BCUT2D eigenvalue weighted by molar-refractivity contribution is 5.26. The van der Waals surface area contributed by atoms with Gasteiger partial charge in [0.05, 0.1) is 6.10 Å². The number of nitrogens with zero attached hydrogens (tertiary/aromatic N) is 1. The van der Waals surface area contributed by atoms with E-state index >= 15 is 0 Å². The van der Waals surface area contributed by atoms with Crippen molar-refractivity contribution in [2.24, 2.45) is 46.3 Å². The molecule has 162 valence electrons. The molecule has 3 saturated carbocycles. The van der Waals surface area contributed by atoms with Gasteiger partial charge in [0.25, 0.3) is 0 Å². The smallest absolute Gasteiger partial charge is 0.0577 e. The van der Waals surface area contributed by atoms with E-state index in [9.17, 15) is 5.11 Å². The molecule has 0 aromatic heterocycles. The van der Waals surface area contributed by atoms with Crippen LogP contribution in [-0.4, -0.2) is 35.2 Å². The van der Waals surface area contributed by atoms with E-state index in [1.807, 2.05) is 0 Å². The van der Waals surface area contributed by atoms with E-state index in [2.05, 4.69) is 31.7 Å². The third-order valence-corrected chi connectivity index (χ3v) is 11.6. The van der Waals surface area contributed by atoms with Crippen molar-refractivity contribution in [2.45, 2.75) is 97.1 Å². The molecular weight excluding hydrogens is 354 g/mol. The zero-order valence-corrected chi connectivity index (χ0v) is 19.1. The molecule has 0 amide bonds. The van der Waals surface area contributed by atoms with Crippen LogP contribution in [0.4, 0.5) is 0 Å². The van der Waals surface area contributed by atoms with Crippen LogP contribution in [0.3, 0.4) is 0 Å². The number of piperidine rings is 2. The first-order valence-electron chi connectivity index (χ1n) is 13.0. The standard InChI is InChI=1S/C27H43NO/c1-17-4-9-25-18(2)22-7-8-24-21-6-5-19-14-20(29)10-12-26(19,3)23(21)11-13-27(22,24)16-28(25)15-17/h5,17-18,20-25,29H,4,6-16H2,1-3H3. The maximum atomic E-state index is 10.3. The van der Waals surface area contributed by atoms with Gasteiger partial charge in [-0.3, -0.25) is 4.90 Å². The maximum absolute atomic E-state index is 10.3. The van der Waals surface area contributed by atoms with E-state index < -0.39 is 0 Å². The van der Waals surface area contributed by atoms with E-state index in [0.717, 1.165) is 54.4 Å². The monoisotopic (exact) mass is 397 g/mol. The van der Waals surface area contributed by atoms with Gasteiger partial charge in [0.1, 0.15) is 0 Å². The molecule has 10 unspecified atom stereocenters. The van der Waals surface area contributed by atoms with Gasteiger partial charge in [-0.1, -0.05) is 32.4 Å². The van der Waals surface area contributed by atoms with Crippen LogP contribution >= 0.6 is 0 Å². The van der Waals surface area contributed by atoms with Crippen LogP contribution in [0.5, 0.6) is 0 Å². The Morgan fingerprint density at radius 2 is 1.79 bits per heavy atom. The lowest BCUT2D eigenvalue weighted by atomic mass is 9.45. The average Bonchev–Trinajstić information content (AvgIpc) is 3.08. The van der Waals surface area contributed by atoms with Crippen molar-refractivity contribution < 1.29 is 5.11 Å². The lowest BCUT2D eigenvalue weighted by Gasteiger charge is -2.63. The molecule has 0 aromatic rings. The molecule has 2 heterocycles. The summed E-state index contributed by atoms with van der Waals surface area (Å²) < 4.78 is 0. The first-order valence-corrected chi connectivity index (χ1v) is 13.0. The minimum absolute atomic E-state index is 0.0751. The van der Waals surface area contributed by atoms with Gasteiger partial charge < -0.3 is 5.11 Å². The van der Waals surface area contributed by atoms with Crippen LogP contribution in [0, 0.1) is 46.3 Å². The quantitative estimate of drug-likeness (QED) is 0.533. The van der Waals surface area contributed by atoms with Gasteiger partial charge in [0.2, 0.25) is 0 Å². The zero-order chi connectivity index (χ0) is 20.0. The molecule has 0 bridgehead atoms. The summed E-state index contributed by atoms with van der Waals surface area (Å²) in [6, 6.07) is 0.883. The average molecular weight is 398 g/mol. The van der Waals surface area contributed by atoms with Crippen molar-refractivity contribution in [3.63, 3.8) is 0 Å². The van der Waals surface area contributed by atoms with Gasteiger partial charge >= 0.3 is 0 Å². The Bertz CT molecular complexity index is 701. The molecule has 6 rings (SSSR count). The van der Waals surface area contributed by atoms with E-state index in [1.54, 1.807) is 5.57 Å². The predicted octanol–water partition coefficient (Wildman–Crippen LogP) is 5.66. The van der Waals surface area contributed by atoms with Gasteiger partial charge in [-0.15, -0.1) is 0 Å². The summed E-state index contributed by atoms with van der Waals surface area (Å²) in [7, 11) is 0. The molecule has 2 nitrogen and oxygen atoms in total. The number of fused-ring (bicyclic) bond motifs is 5. The minimum Gasteiger partial charge on any atom is -0.393 e. The van der Waals surface area contributed by atoms with Crippen molar-refractivity contribution in [1.29, 1.82) is 0 Å². The van der Waals surface area contributed by atoms with Crippen LogP contribution in [0.15, 0.2) is 11.6 Å². The summed E-state index contributed by atoms with van der Waals surface area (Å²) in [5.74, 6) is 5.58. The Hall–Kier alpha value is -0.340. The second kappa shape index (κ2) is 6.58. The Kier molecular flexibility index (Phi) is 4.39. The molecule has 1 N–H and O–H groups in total. The van der Waals surface area contributed by atoms with Crippen LogP contribution in [-0.2, 0) is 0 Å². The highest BCUT2D eigenvalue weighted by Crippen LogP contribution is 2.69. The molecule has 0 radical (unpaired) electrons. The Labute approximate surface area is 178 Å². The summed E-state index contributed by atoms with van der Waals surface area (Å²) in [6.45, 7) is 10.5. The van der Waals surface area contributed by atoms with Crippen LogP contribution < -0.4 is 0 Å². The molecule has 29 heavy (non-hydrogen) atoms. The number of hydrogen-bond acceptors (Lipinski definition) is 2. The summed E-state index contributed by atoms with van der Waals surface area (Å²) in [5.41, 5.74) is 2.65. The molecule has 2 aliphatic heterocycles. The molecular formula is C27H43NO. The molecule has 10 atom stereocenters. The fourth-order valence-electron chi connectivity index (χ4n) is 10.3. The van der Waals surface area contributed by atoms with Crippen LogP contribution in [0.2, 0.25) is 0 Å². The summed E-state index contributed by atoms with van der Waals surface area (Å²) in [5, 5.41) is 10.3. The fourth-order valence-corrected chi connectivity index (χ4v) is 10.3. The van der Waals surface area contributed by atoms with E-state index in [-0.39, 0.29) is 6.10 Å². The summed E-state index contributed by atoms with van der Waals surface area (Å²) in [6.07, 6.45) is 16.0. The van der Waals surface area contributed by atoms with Crippen LogP contribution in [0.25, 0.3) is 0 Å². The molecule has 4 aliphatic carbocycles. The lowest BCUT2D eigenvalue weighted by molar-refractivity contribution is -0.130. The maximum Gasteiger partial charge on any atom is 0.0577 e. The number of aliphatic hydroxyl groups excluding tert-OH is 1. The molecule has 6 aliphatic rings. The fraction of sp³-hybridized carbons (Fsp3) is 0.926. The number of rotatable bonds is 0. The Morgan fingerprint density at radius 1 is 0.966 bits per heavy atom. The molecule has 2 heteroatoms. The van der Waals surface area contributed by atoms with Gasteiger partial charge in [0, 0.05) is 19.1 Å². The van der Waals surface area contributed by atoms with Gasteiger partial charge in [-0.2, -0.15) is 0 Å². The summed E-state index contributed by atoms with van der Waals surface area (Å²) in [4.78, 5) is 2.98. The first-order chi connectivity index (χ1) is 13.9. The highest BCUT2D eigenvalue weighted by atomic mass is 16.3. The van der Waals surface area contributed by atoms with Gasteiger partial charge in [-0.25, -0.2) is 0 Å². The van der Waals surface area contributed by atoms with Crippen molar-refractivity contribution in [3.05, 3.63) is 11.6 Å². The highest BCUT2D eigenvalue weighted by Gasteiger charge is 2.64. The molecule has 1 spiro atoms. The van der Waals surface area contributed by atoms with Crippen molar-refractivity contribution in [2.75, 3.05) is 13.1 Å². The largest absolute Gasteiger partial charge is 0.393 e. The molecule has 5 fully saturated rings. The van der Waals surface area contributed by atoms with E-state index in [0.29, 0.717) is 10.8 Å². The predicted molar refractivity (Wildman–Crippen MR) is 118 cm³/mol. The number of aliphatic hydroxyl groups is 1. The zero-order valence-electron chi connectivity index (χ0n) is 19.1. The topological polar surface area (TPSA) is 23.5 Å². The van der Waals surface area contributed by atoms with Crippen molar-refractivity contribution in [3.8, 4) is 0 Å². The first kappa shape index (κ1) is 19.4. The minimum atomic E-state index is -0.0751. The van der Waals surface area contributed by atoms with Gasteiger partial charge in [0.15, 0.2) is 0 Å². The van der Waals surface area contributed by atoms with E-state index in [4.69, 9.17) is 0 Å². The number of hydrogen-bond donors (Lipinski definition) is 1. The van der Waals surface area contributed by atoms with Crippen LogP contribution in [0.1, 0.15) is 85.0 Å². The second-order valence-electron chi connectivity index (χ2n) is 12.7. The third kappa shape index (κ3) is 2.60. The number of allylic oxidation sites excluding steroid dienone is 1. The van der Waals surface area contributed by atoms with E-state index in [1.165, 1.54) is 64.5 Å². The Morgan fingerprint density at radius 3 is 2.66 bits per heavy atom. The van der Waals surface area contributed by atoms with Crippen molar-refractivity contribution >= 4 is 0 Å². The Balaban J connectivity index is 1.32. The summed E-state index contributed by atoms with van der Waals surface area (Å²) >= 11 is 0. The van der Waals surface area contributed by atoms with Gasteiger partial charge in [-0.05, 0) is 111 Å². The second-order valence-corrected chi connectivity index (χ2v) is 12.7. The van der Waals surface area contributed by atoms with Crippen molar-refractivity contribution in [1.82, 2.24) is 4.90 Å². The lowest BCUT2D eigenvalue weighted by Crippen LogP contribution is -2.63. The SMILES string of the molecule is CC1CCC2C(C)C3CCC4C5CC=C6CC(O)CCC6(C)C5CCC34CN2C1. The molecule has 2 saturated heterocycles.